The van der Waals surface area contributed by atoms with Crippen LogP contribution < -0.4 is 5.32 Å². The Morgan fingerprint density at radius 2 is 2.00 bits per heavy atom. The fraction of sp³-hybridized carbons (Fsp3) is 0.750. The molecule has 1 N–H and O–H groups in total. The van der Waals surface area contributed by atoms with E-state index in [1.165, 1.54) is 29.0 Å². The van der Waals surface area contributed by atoms with Crippen molar-refractivity contribution in [3.8, 4) is 0 Å². The van der Waals surface area contributed by atoms with Gasteiger partial charge in [0.25, 0.3) is 0 Å². The Bertz CT molecular complexity index is 350. The summed E-state index contributed by atoms with van der Waals surface area (Å²) in [7, 11) is 1.75. The molecule has 1 aromatic rings. The summed E-state index contributed by atoms with van der Waals surface area (Å²) >= 11 is 1.98. The molecule has 2 nitrogen and oxygen atoms in total. The van der Waals surface area contributed by atoms with Crippen LogP contribution >= 0.6 is 11.3 Å². The van der Waals surface area contributed by atoms with Crippen molar-refractivity contribution < 1.29 is 4.74 Å². The van der Waals surface area contributed by atoms with Gasteiger partial charge in [-0.3, -0.25) is 0 Å². The number of nitrogens with one attached hydrogen (secondary N) is 1. The molecule has 0 bridgehead atoms. The lowest BCUT2D eigenvalue weighted by molar-refractivity contribution is 0.190. The number of rotatable bonds is 10. The lowest BCUT2D eigenvalue weighted by Gasteiger charge is -2.29. The molecule has 1 unspecified atom stereocenters. The topological polar surface area (TPSA) is 21.3 Å². The number of hydrogen-bond acceptors (Lipinski definition) is 3. The van der Waals surface area contributed by atoms with Crippen LogP contribution in [-0.4, -0.2) is 26.8 Å². The van der Waals surface area contributed by atoms with Gasteiger partial charge in [0, 0.05) is 30.0 Å². The Morgan fingerprint density at radius 3 is 2.58 bits per heavy atom. The number of hydrogen-bond donors (Lipinski definition) is 1. The molecule has 0 fully saturated rings. The number of thiophene rings is 1. The largest absolute Gasteiger partial charge is 0.383 e. The SMILES string of the molecule is CCCC(C)(CNCCOC)Cc1ccc(CC)s1. The van der Waals surface area contributed by atoms with Crippen LogP contribution in [0.5, 0.6) is 0 Å². The monoisotopic (exact) mass is 283 g/mol. The maximum atomic E-state index is 5.09. The van der Waals surface area contributed by atoms with Gasteiger partial charge in [-0.15, -0.1) is 11.3 Å². The fourth-order valence-corrected chi connectivity index (χ4v) is 3.71. The van der Waals surface area contributed by atoms with Crippen molar-refractivity contribution in [1.82, 2.24) is 5.32 Å². The summed E-state index contributed by atoms with van der Waals surface area (Å²) in [5.41, 5.74) is 0.359. The zero-order valence-electron chi connectivity index (χ0n) is 12.9. The maximum Gasteiger partial charge on any atom is 0.0587 e. The Hall–Kier alpha value is -0.380. The minimum atomic E-state index is 0.359. The Balaban J connectivity index is 2.53. The highest BCUT2D eigenvalue weighted by Gasteiger charge is 2.24. The van der Waals surface area contributed by atoms with E-state index in [9.17, 15) is 0 Å². The molecule has 0 saturated heterocycles. The summed E-state index contributed by atoms with van der Waals surface area (Å²) in [5.74, 6) is 0. The molecule has 0 saturated carbocycles. The van der Waals surface area contributed by atoms with E-state index in [1.807, 2.05) is 11.3 Å². The third-order valence-corrected chi connectivity index (χ3v) is 4.78. The molecule has 3 heteroatoms. The van der Waals surface area contributed by atoms with Gasteiger partial charge in [0.1, 0.15) is 0 Å². The fourth-order valence-electron chi connectivity index (χ4n) is 2.54. The van der Waals surface area contributed by atoms with Crippen molar-refractivity contribution in [2.75, 3.05) is 26.8 Å². The van der Waals surface area contributed by atoms with Gasteiger partial charge < -0.3 is 10.1 Å². The molecule has 0 aliphatic heterocycles. The lowest BCUT2D eigenvalue weighted by atomic mass is 9.81. The van der Waals surface area contributed by atoms with Crippen LogP contribution in [0.2, 0.25) is 0 Å². The van der Waals surface area contributed by atoms with Crippen molar-refractivity contribution in [2.45, 2.75) is 46.5 Å². The first-order valence-corrected chi connectivity index (χ1v) is 8.22. The van der Waals surface area contributed by atoms with Crippen molar-refractivity contribution in [3.63, 3.8) is 0 Å². The molecule has 1 rings (SSSR count). The minimum Gasteiger partial charge on any atom is -0.383 e. The van der Waals surface area contributed by atoms with Crippen LogP contribution in [0, 0.1) is 5.41 Å². The van der Waals surface area contributed by atoms with E-state index < -0.39 is 0 Å². The molecule has 1 atom stereocenters. The number of aryl methyl sites for hydroxylation is 1. The normalized spacial score (nSPS) is 14.5. The summed E-state index contributed by atoms with van der Waals surface area (Å²) in [6.07, 6.45) is 4.85. The summed E-state index contributed by atoms with van der Waals surface area (Å²) in [6, 6.07) is 4.59. The zero-order chi connectivity index (χ0) is 14.1. The van der Waals surface area contributed by atoms with E-state index in [0.717, 1.165) is 26.1 Å². The highest BCUT2D eigenvalue weighted by Crippen LogP contribution is 2.30. The predicted molar refractivity (Wildman–Crippen MR) is 85.2 cm³/mol. The summed E-state index contributed by atoms with van der Waals surface area (Å²) in [6.45, 7) is 9.72. The van der Waals surface area contributed by atoms with E-state index in [2.05, 4.69) is 38.2 Å². The number of methoxy groups -OCH3 is 1. The molecule has 19 heavy (non-hydrogen) atoms. The van der Waals surface area contributed by atoms with Gasteiger partial charge in [-0.05, 0) is 36.8 Å². The molecule has 0 aromatic carbocycles. The van der Waals surface area contributed by atoms with Gasteiger partial charge in [-0.2, -0.15) is 0 Å². The van der Waals surface area contributed by atoms with Crippen LogP contribution in [0.15, 0.2) is 12.1 Å². The Morgan fingerprint density at radius 1 is 1.26 bits per heavy atom. The molecular weight excluding hydrogens is 254 g/mol. The molecular formula is C16H29NOS. The van der Waals surface area contributed by atoms with E-state index >= 15 is 0 Å². The van der Waals surface area contributed by atoms with Crippen LogP contribution in [-0.2, 0) is 17.6 Å². The first-order chi connectivity index (χ1) is 9.13. The van der Waals surface area contributed by atoms with E-state index in [4.69, 9.17) is 4.74 Å². The van der Waals surface area contributed by atoms with Gasteiger partial charge in [-0.1, -0.05) is 27.2 Å². The molecule has 1 aromatic heterocycles. The molecule has 0 radical (unpaired) electrons. The first-order valence-electron chi connectivity index (χ1n) is 7.40. The van der Waals surface area contributed by atoms with Gasteiger partial charge in [-0.25, -0.2) is 0 Å². The smallest absolute Gasteiger partial charge is 0.0587 e. The molecule has 110 valence electrons. The van der Waals surface area contributed by atoms with Gasteiger partial charge in [0.15, 0.2) is 0 Å². The molecule has 1 heterocycles. The molecule has 0 amide bonds. The van der Waals surface area contributed by atoms with E-state index in [1.54, 1.807) is 7.11 Å². The molecule has 0 spiro atoms. The second kappa shape index (κ2) is 8.72. The quantitative estimate of drug-likeness (QED) is 0.658. The van der Waals surface area contributed by atoms with Crippen LogP contribution in [0.4, 0.5) is 0 Å². The first kappa shape index (κ1) is 16.7. The predicted octanol–water partition coefficient (Wildman–Crippen LogP) is 3.90. The highest BCUT2D eigenvalue weighted by atomic mass is 32.1. The summed E-state index contributed by atoms with van der Waals surface area (Å²) < 4.78 is 5.09. The van der Waals surface area contributed by atoms with Crippen LogP contribution in [0.25, 0.3) is 0 Å². The highest BCUT2D eigenvalue weighted by molar-refractivity contribution is 7.11. The zero-order valence-corrected chi connectivity index (χ0v) is 13.7. The van der Waals surface area contributed by atoms with Crippen molar-refractivity contribution >= 4 is 11.3 Å². The average Bonchev–Trinajstić information content (AvgIpc) is 2.82. The number of ether oxygens (including phenoxy) is 1. The Labute approximate surface area is 122 Å². The van der Waals surface area contributed by atoms with Crippen LogP contribution in [0.1, 0.15) is 43.4 Å². The van der Waals surface area contributed by atoms with E-state index in [-0.39, 0.29) is 0 Å². The summed E-state index contributed by atoms with van der Waals surface area (Å²) in [4.78, 5) is 3.03. The second-order valence-electron chi connectivity index (χ2n) is 5.63. The minimum absolute atomic E-state index is 0.359. The average molecular weight is 283 g/mol. The third-order valence-electron chi connectivity index (χ3n) is 3.56. The van der Waals surface area contributed by atoms with Gasteiger partial charge >= 0.3 is 0 Å². The van der Waals surface area contributed by atoms with Crippen LogP contribution in [0.3, 0.4) is 0 Å². The standard InChI is InChI=1S/C16H29NOS/c1-5-9-16(3,13-17-10-11-18-4)12-15-8-7-14(6-2)19-15/h7-8,17H,5-6,9-13H2,1-4H3. The molecule has 0 aliphatic carbocycles. The molecule has 0 aliphatic rings. The van der Waals surface area contributed by atoms with Crippen molar-refractivity contribution in [1.29, 1.82) is 0 Å². The third kappa shape index (κ3) is 6.07. The van der Waals surface area contributed by atoms with Crippen molar-refractivity contribution in [2.24, 2.45) is 5.41 Å². The lowest BCUT2D eigenvalue weighted by Crippen LogP contribution is -2.35. The summed E-state index contributed by atoms with van der Waals surface area (Å²) in [5, 5.41) is 3.53. The maximum absolute atomic E-state index is 5.09. The van der Waals surface area contributed by atoms with Crippen molar-refractivity contribution in [3.05, 3.63) is 21.9 Å². The van der Waals surface area contributed by atoms with E-state index in [0.29, 0.717) is 5.41 Å². The van der Waals surface area contributed by atoms with Gasteiger partial charge in [0.05, 0.1) is 6.61 Å². The second-order valence-corrected chi connectivity index (χ2v) is 6.88. The Kier molecular flexibility index (Phi) is 7.66. The van der Waals surface area contributed by atoms with Gasteiger partial charge in [0.2, 0.25) is 0 Å².